The fraction of sp³-hybridized carbons (Fsp3) is 0.636. The minimum atomic E-state index is -0.381. The molecule has 0 aliphatic carbocycles. The predicted octanol–water partition coefficient (Wildman–Crippen LogP) is 1.49. The van der Waals surface area contributed by atoms with Gasteiger partial charge in [0.25, 0.3) is 0 Å². The Kier molecular flexibility index (Phi) is 5.17. The summed E-state index contributed by atoms with van der Waals surface area (Å²) < 4.78 is 0. The van der Waals surface area contributed by atoms with E-state index in [0.29, 0.717) is 5.82 Å². The van der Waals surface area contributed by atoms with E-state index in [4.69, 9.17) is 5.84 Å². The molecule has 1 heterocycles. The van der Waals surface area contributed by atoms with E-state index in [0.717, 1.165) is 22.8 Å². The second-order valence-electron chi connectivity index (χ2n) is 3.98. The zero-order valence-electron chi connectivity index (χ0n) is 10.7. The number of nitrogen functional groups attached to an aromatic ring is 1. The molecule has 1 aromatic rings. The van der Waals surface area contributed by atoms with Crippen LogP contribution < -0.4 is 11.3 Å². The van der Waals surface area contributed by atoms with Gasteiger partial charge in [-0.3, -0.25) is 0 Å². The second-order valence-corrected chi connectivity index (χ2v) is 5.35. The van der Waals surface area contributed by atoms with Crippen molar-refractivity contribution in [3.63, 3.8) is 0 Å². The molecular weight excluding hydrogens is 236 g/mol. The van der Waals surface area contributed by atoms with Crippen LogP contribution >= 0.6 is 11.8 Å². The Labute approximate surface area is 106 Å². The van der Waals surface area contributed by atoms with E-state index in [9.17, 15) is 5.11 Å². The molecule has 6 heteroatoms. The quantitative estimate of drug-likeness (QED) is 0.320. The topological polar surface area (TPSA) is 84.1 Å². The SMILES string of the molecule is CCc1nc(NN)c(C)c(SC(C)C(C)O)n1. The van der Waals surface area contributed by atoms with Crippen molar-refractivity contribution in [2.45, 2.75) is 50.5 Å². The second kappa shape index (κ2) is 6.18. The predicted molar refractivity (Wildman–Crippen MR) is 71.0 cm³/mol. The van der Waals surface area contributed by atoms with Gasteiger partial charge < -0.3 is 10.5 Å². The molecule has 0 amide bonds. The van der Waals surface area contributed by atoms with Gasteiger partial charge in [-0.25, -0.2) is 15.8 Å². The molecule has 2 atom stereocenters. The van der Waals surface area contributed by atoms with Gasteiger partial charge in [0.2, 0.25) is 0 Å². The van der Waals surface area contributed by atoms with Gasteiger partial charge in [-0.2, -0.15) is 0 Å². The summed E-state index contributed by atoms with van der Waals surface area (Å²) in [5.74, 6) is 6.84. The summed E-state index contributed by atoms with van der Waals surface area (Å²) in [6.07, 6.45) is 0.375. The van der Waals surface area contributed by atoms with E-state index >= 15 is 0 Å². The minimum Gasteiger partial charge on any atom is -0.392 e. The summed E-state index contributed by atoms with van der Waals surface area (Å²) in [6, 6.07) is 0. The molecule has 1 rings (SSSR count). The molecule has 0 radical (unpaired) electrons. The molecule has 0 aliphatic heterocycles. The van der Waals surface area contributed by atoms with Gasteiger partial charge in [-0.15, -0.1) is 11.8 Å². The number of aliphatic hydroxyl groups excluding tert-OH is 1. The monoisotopic (exact) mass is 256 g/mol. The molecule has 0 fully saturated rings. The molecule has 0 saturated heterocycles. The van der Waals surface area contributed by atoms with Crippen molar-refractivity contribution in [2.75, 3.05) is 5.43 Å². The standard InChI is InChI=1S/C11H20N4OS/c1-5-9-13-10(15-12)6(2)11(14-9)17-8(4)7(3)16/h7-8,16H,5,12H2,1-4H3,(H,13,14,15). The number of hydrazine groups is 1. The first-order valence-corrected chi connectivity index (χ1v) is 6.56. The van der Waals surface area contributed by atoms with E-state index in [2.05, 4.69) is 15.4 Å². The number of aryl methyl sites for hydroxylation is 1. The molecule has 1 aromatic heterocycles. The first-order valence-electron chi connectivity index (χ1n) is 5.68. The van der Waals surface area contributed by atoms with Crippen molar-refractivity contribution in [3.8, 4) is 0 Å². The van der Waals surface area contributed by atoms with E-state index in [1.807, 2.05) is 20.8 Å². The van der Waals surface area contributed by atoms with Crippen LogP contribution in [0.25, 0.3) is 0 Å². The van der Waals surface area contributed by atoms with Crippen LogP contribution in [0.1, 0.15) is 32.2 Å². The average Bonchev–Trinajstić information content (AvgIpc) is 2.31. The fourth-order valence-corrected chi connectivity index (χ4v) is 2.21. The van der Waals surface area contributed by atoms with Crippen LogP contribution in [-0.2, 0) is 6.42 Å². The number of nitrogens with zero attached hydrogens (tertiary/aromatic N) is 2. The van der Waals surface area contributed by atoms with Crippen LogP contribution in [0.15, 0.2) is 5.03 Å². The van der Waals surface area contributed by atoms with Crippen LogP contribution in [0.2, 0.25) is 0 Å². The third-order valence-corrected chi connectivity index (χ3v) is 3.96. The normalized spacial score (nSPS) is 14.5. The largest absolute Gasteiger partial charge is 0.392 e. The van der Waals surface area contributed by atoms with Crippen molar-refractivity contribution in [2.24, 2.45) is 5.84 Å². The van der Waals surface area contributed by atoms with E-state index in [-0.39, 0.29) is 11.4 Å². The summed E-state index contributed by atoms with van der Waals surface area (Å²) >= 11 is 1.54. The summed E-state index contributed by atoms with van der Waals surface area (Å²) in [7, 11) is 0. The average molecular weight is 256 g/mol. The van der Waals surface area contributed by atoms with Gasteiger partial charge in [0.15, 0.2) is 0 Å². The molecule has 0 spiro atoms. The van der Waals surface area contributed by atoms with Gasteiger partial charge in [-0.1, -0.05) is 13.8 Å². The van der Waals surface area contributed by atoms with Crippen LogP contribution in [0.4, 0.5) is 5.82 Å². The van der Waals surface area contributed by atoms with Gasteiger partial charge in [0, 0.05) is 17.2 Å². The maximum Gasteiger partial charge on any atom is 0.147 e. The molecule has 17 heavy (non-hydrogen) atoms. The van der Waals surface area contributed by atoms with Gasteiger partial charge in [-0.05, 0) is 13.8 Å². The third-order valence-electron chi connectivity index (χ3n) is 2.58. The minimum absolute atomic E-state index is 0.0823. The summed E-state index contributed by atoms with van der Waals surface area (Å²) in [4.78, 5) is 8.77. The number of anilines is 1. The fourth-order valence-electron chi connectivity index (χ4n) is 1.23. The first kappa shape index (κ1) is 14.2. The lowest BCUT2D eigenvalue weighted by Crippen LogP contribution is -2.17. The number of hydrogen-bond donors (Lipinski definition) is 3. The Bertz CT molecular complexity index is 384. The summed E-state index contributed by atoms with van der Waals surface area (Å²) in [5, 5.41) is 10.5. The highest BCUT2D eigenvalue weighted by molar-refractivity contribution is 7.99. The Morgan fingerprint density at radius 1 is 1.41 bits per heavy atom. The van der Waals surface area contributed by atoms with Crippen LogP contribution in [-0.4, -0.2) is 26.4 Å². The van der Waals surface area contributed by atoms with Gasteiger partial charge in [0.1, 0.15) is 16.7 Å². The lowest BCUT2D eigenvalue weighted by atomic mass is 10.3. The molecule has 5 nitrogen and oxygen atoms in total. The Hall–Kier alpha value is -0.850. The molecule has 0 bridgehead atoms. The lowest BCUT2D eigenvalue weighted by Gasteiger charge is -2.16. The van der Waals surface area contributed by atoms with Crippen molar-refractivity contribution in [1.29, 1.82) is 0 Å². The molecule has 0 aliphatic rings. The van der Waals surface area contributed by atoms with Gasteiger partial charge in [0.05, 0.1) is 6.10 Å². The maximum absolute atomic E-state index is 9.52. The summed E-state index contributed by atoms with van der Waals surface area (Å²) in [5.41, 5.74) is 3.50. The Balaban J connectivity index is 3.05. The zero-order valence-corrected chi connectivity index (χ0v) is 11.5. The number of nitrogens with two attached hydrogens (primary N) is 1. The number of nitrogens with one attached hydrogen (secondary N) is 1. The van der Waals surface area contributed by atoms with E-state index in [1.165, 1.54) is 0 Å². The highest BCUT2D eigenvalue weighted by Crippen LogP contribution is 2.29. The molecule has 0 saturated carbocycles. The van der Waals surface area contributed by atoms with Crippen LogP contribution in [0.5, 0.6) is 0 Å². The smallest absolute Gasteiger partial charge is 0.147 e. The van der Waals surface area contributed by atoms with Crippen molar-refractivity contribution in [3.05, 3.63) is 11.4 Å². The first-order chi connectivity index (χ1) is 7.99. The van der Waals surface area contributed by atoms with E-state index in [1.54, 1.807) is 18.7 Å². The molecule has 2 unspecified atom stereocenters. The van der Waals surface area contributed by atoms with Crippen LogP contribution in [0, 0.1) is 6.92 Å². The number of aliphatic hydroxyl groups is 1. The number of hydrogen-bond acceptors (Lipinski definition) is 6. The Morgan fingerprint density at radius 2 is 2.06 bits per heavy atom. The lowest BCUT2D eigenvalue weighted by molar-refractivity contribution is 0.196. The molecule has 4 N–H and O–H groups in total. The van der Waals surface area contributed by atoms with Crippen molar-refractivity contribution >= 4 is 17.6 Å². The van der Waals surface area contributed by atoms with Crippen molar-refractivity contribution in [1.82, 2.24) is 9.97 Å². The van der Waals surface area contributed by atoms with E-state index < -0.39 is 0 Å². The number of rotatable bonds is 5. The zero-order chi connectivity index (χ0) is 13.0. The van der Waals surface area contributed by atoms with Crippen molar-refractivity contribution < 1.29 is 5.11 Å². The number of thioether (sulfide) groups is 1. The molecular formula is C11H20N4OS. The number of aromatic nitrogens is 2. The maximum atomic E-state index is 9.52. The van der Waals surface area contributed by atoms with Crippen LogP contribution in [0.3, 0.4) is 0 Å². The highest BCUT2D eigenvalue weighted by atomic mass is 32.2. The Morgan fingerprint density at radius 3 is 2.53 bits per heavy atom. The third kappa shape index (κ3) is 3.55. The summed E-state index contributed by atoms with van der Waals surface area (Å²) in [6.45, 7) is 7.66. The molecule has 96 valence electrons. The highest BCUT2D eigenvalue weighted by Gasteiger charge is 2.16. The molecule has 0 aromatic carbocycles. The van der Waals surface area contributed by atoms with Gasteiger partial charge >= 0.3 is 0 Å².